The Morgan fingerprint density at radius 1 is 1.38 bits per heavy atom. The number of hydrogen-bond acceptors (Lipinski definition) is 1. The summed E-state index contributed by atoms with van der Waals surface area (Å²) in [6.45, 7) is 2.63. The number of anilines is 1. The molecule has 0 heterocycles. The summed E-state index contributed by atoms with van der Waals surface area (Å²) in [6.07, 6.45) is 0.882. The molecule has 2 nitrogen and oxygen atoms in total. The molecule has 0 aliphatic carbocycles. The van der Waals surface area contributed by atoms with Gasteiger partial charge in [-0.25, -0.2) is 8.78 Å². The van der Waals surface area contributed by atoms with Crippen molar-refractivity contribution >= 4 is 38.9 Å². The van der Waals surface area contributed by atoms with Gasteiger partial charge < -0.3 is 10.6 Å². The number of halogens is 3. The second kappa shape index (κ2) is 6.10. The maximum Gasteiger partial charge on any atom is 0.170 e. The number of thiocarbonyl (C=S) groups is 1. The second-order valence-electron chi connectivity index (χ2n) is 3.13. The lowest BCUT2D eigenvalue weighted by molar-refractivity contribution is 0.589. The Balaban J connectivity index is 2.77. The molecule has 2 N–H and O–H groups in total. The first kappa shape index (κ1) is 13.3. The fourth-order valence-electron chi connectivity index (χ4n) is 1.06. The highest BCUT2D eigenvalue weighted by Crippen LogP contribution is 2.23. The van der Waals surface area contributed by atoms with Crippen molar-refractivity contribution in [2.24, 2.45) is 0 Å². The van der Waals surface area contributed by atoms with E-state index < -0.39 is 11.6 Å². The van der Waals surface area contributed by atoms with Gasteiger partial charge in [-0.2, -0.15) is 0 Å². The number of rotatable bonds is 3. The Morgan fingerprint density at radius 3 is 2.44 bits per heavy atom. The van der Waals surface area contributed by atoms with E-state index in [9.17, 15) is 8.78 Å². The molecule has 0 aliphatic rings. The Kier molecular flexibility index (Phi) is 5.08. The van der Waals surface area contributed by atoms with Crippen LogP contribution in [0, 0.1) is 11.6 Å². The van der Waals surface area contributed by atoms with E-state index in [1.54, 1.807) is 0 Å². The van der Waals surface area contributed by atoms with Crippen LogP contribution in [-0.2, 0) is 0 Å². The zero-order chi connectivity index (χ0) is 12.1. The van der Waals surface area contributed by atoms with Crippen molar-refractivity contribution in [3.8, 4) is 0 Å². The summed E-state index contributed by atoms with van der Waals surface area (Å²) in [5.74, 6) is -1.37. The van der Waals surface area contributed by atoms with Crippen LogP contribution in [0.1, 0.15) is 13.3 Å². The van der Waals surface area contributed by atoms with Crippen LogP contribution >= 0.6 is 28.1 Å². The maximum absolute atomic E-state index is 13.4. The van der Waals surface area contributed by atoms with Gasteiger partial charge >= 0.3 is 0 Å². The van der Waals surface area contributed by atoms with Gasteiger partial charge in [0, 0.05) is 11.0 Å². The minimum atomic E-state index is -0.687. The number of benzene rings is 1. The molecule has 88 valence electrons. The molecule has 0 amide bonds. The molecule has 1 aromatic rings. The fraction of sp³-hybridized carbons (Fsp3) is 0.300. The summed E-state index contributed by atoms with van der Waals surface area (Å²) in [5, 5.41) is 5.53. The third-order valence-corrected chi connectivity index (χ3v) is 2.49. The zero-order valence-corrected chi connectivity index (χ0v) is 11.0. The minimum Gasteiger partial charge on any atom is -0.362 e. The monoisotopic (exact) mass is 308 g/mol. The van der Waals surface area contributed by atoms with Crippen molar-refractivity contribution in [2.45, 2.75) is 13.3 Å². The molecule has 0 aliphatic heterocycles. The Bertz CT molecular complexity index is 375. The molecular formula is C10H11BrF2N2S. The standard InChI is InChI=1S/C10H11BrF2N2S/c1-2-3-14-10(16)15-9-7(12)4-6(11)5-8(9)13/h4-5H,2-3H2,1H3,(H2,14,15,16). The van der Waals surface area contributed by atoms with Crippen molar-refractivity contribution in [1.82, 2.24) is 5.32 Å². The summed E-state index contributed by atoms with van der Waals surface area (Å²) in [5.41, 5.74) is -0.239. The average molecular weight is 309 g/mol. The zero-order valence-electron chi connectivity index (χ0n) is 8.61. The van der Waals surface area contributed by atoms with Crippen LogP contribution in [-0.4, -0.2) is 11.7 Å². The van der Waals surface area contributed by atoms with Gasteiger partial charge in [0.25, 0.3) is 0 Å². The molecule has 0 spiro atoms. The van der Waals surface area contributed by atoms with E-state index in [0.29, 0.717) is 11.0 Å². The SMILES string of the molecule is CCCNC(=S)Nc1c(F)cc(Br)cc1F. The third kappa shape index (κ3) is 3.68. The molecule has 6 heteroatoms. The lowest BCUT2D eigenvalue weighted by atomic mass is 10.3. The number of nitrogens with one attached hydrogen (secondary N) is 2. The smallest absolute Gasteiger partial charge is 0.170 e. The van der Waals surface area contributed by atoms with Gasteiger partial charge in [0.2, 0.25) is 0 Å². The first-order valence-corrected chi connectivity index (χ1v) is 5.94. The highest BCUT2D eigenvalue weighted by atomic mass is 79.9. The van der Waals surface area contributed by atoms with Gasteiger partial charge in [0.1, 0.15) is 5.69 Å². The minimum absolute atomic E-state index is 0.210. The fourth-order valence-corrected chi connectivity index (χ4v) is 1.66. The van der Waals surface area contributed by atoms with Crippen LogP contribution in [0.2, 0.25) is 0 Å². The lowest BCUT2D eigenvalue weighted by Crippen LogP contribution is -2.29. The van der Waals surface area contributed by atoms with E-state index in [1.165, 1.54) is 12.1 Å². The van der Waals surface area contributed by atoms with Crippen LogP contribution in [0.5, 0.6) is 0 Å². The summed E-state index contributed by atoms with van der Waals surface area (Å²) in [4.78, 5) is 0. The molecule has 0 radical (unpaired) electrons. The van der Waals surface area contributed by atoms with Gasteiger partial charge in [-0.3, -0.25) is 0 Å². The Labute approximate surface area is 107 Å². The molecule has 0 atom stereocenters. The van der Waals surface area contributed by atoms with E-state index in [0.717, 1.165) is 6.42 Å². The van der Waals surface area contributed by atoms with E-state index in [-0.39, 0.29) is 10.8 Å². The van der Waals surface area contributed by atoms with E-state index >= 15 is 0 Å². The topological polar surface area (TPSA) is 24.1 Å². The quantitative estimate of drug-likeness (QED) is 0.837. The normalized spacial score (nSPS) is 10.0. The molecule has 1 rings (SSSR count). The average Bonchev–Trinajstić information content (AvgIpc) is 2.20. The molecule has 0 fully saturated rings. The van der Waals surface area contributed by atoms with Crippen molar-refractivity contribution in [2.75, 3.05) is 11.9 Å². The predicted octanol–water partition coefficient (Wildman–Crippen LogP) is 3.42. The van der Waals surface area contributed by atoms with E-state index in [2.05, 4.69) is 26.6 Å². The van der Waals surface area contributed by atoms with Gasteiger partial charge in [0.15, 0.2) is 16.7 Å². The Hall–Kier alpha value is -0.750. The summed E-state index contributed by atoms with van der Waals surface area (Å²) in [7, 11) is 0. The molecule has 16 heavy (non-hydrogen) atoms. The van der Waals surface area contributed by atoms with E-state index in [1.807, 2.05) is 6.92 Å². The number of hydrogen-bond donors (Lipinski definition) is 2. The second-order valence-corrected chi connectivity index (χ2v) is 4.45. The van der Waals surface area contributed by atoms with Crippen LogP contribution in [0.25, 0.3) is 0 Å². The largest absolute Gasteiger partial charge is 0.362 e. The predicted molar refractivity (Wildman–Crippen MR) is 68.6 cm³/mol. The van der Waals surface area contributed by atoms with Crippen molar-refractivity contribution in [1.29, 1.82) is 0 Å². The van der Waals surface area contributed by atoms with E-state index in [4.69, 9.17) is 12.2 Å². The molecular weight excluding hydrogens is 298 g/mol. The van der Waals surface area contributed by atoms with Crippen LogP contribution < -0.4 is 10.6 Å². The molecule has 0 bridgehead atoms. The summed E-state index contributed by atoms with van der Waals surface area (Å²) in [6, 6.07) is 2.35. The Morgan fingerprint density at radius 2 is 1.94 bits per heavy atom. The summed E-state index contributed by atoms with van der Waals surface area (Å²) < 4.78 is 27.1. The molecule has 0 saturated heterocycles. The molecule has 0 unspecified atom stereocenters. The first-order chi connectivity index (χ1) is 7.54. The highest BCUT2D eigenvalue weighted by molar-refractivity contribution is 9.10. The van der Waals surface area contributed by atoms with Gasteiger partial charge in [-0.1, -0.05) is 22.9 Å². The van der Waals surface area contributed by atoms with Crippen molar-refractivity contribution in [3.05, 3.63) is 28.2 Å². The van der Waals surface area contributed by atoms with Crippen molar-refractivity contribution in [3.63, 3.8) is 0 Å². The maximum atomic E-state index is 13.4. The lowest BCUT2D eigenvalue weighted by Gasteiger charge is -2.11. The molecule has 0 saturated carbocycles. The van der Waals surface area contributed by atoms with Crippen LogP contribution in [0.4, 0.5) is 14.5 Å². The highest BCUT2D eigenvalue weighted by Gasteiger charge is 2.11. The molecule has 0 aromatic heterocycles. The van der Waals surface area contributed by atoms with Gasteiger partial charge in [-0.05, 0) is 30.8 Å². The summed E-state index contributed by atoms with van der Waals surface area (Å²) >= 11 is 7.89. The molecule has 1 aromatic carbocycles. The first-order valence-electron chi connectivity index (χ1n) is 4.74. The van der Waals surface area contributed by atoms with Crippen LogP contribution in [0.3, 0.4) is 0 Å². The van der Waals surface area contributed by atoms with Crippen molar-refractivity contribution < 1.29 is 8.78 Å². The van der Waals surface area contributed by atoms with Gasteiger partial charge in [0.05, 0.1) is 0 Å². The van der Waals surface area contributed by atoms with Crippen LogP contribution in [0.15, 0.2) is 16.6 Å². The van der Waals surface area contributed by atoms with Gasteiger partial charge in [-0.15, -0.1) is 0 Å². The third-order valence-electron chi connectivity index (χ3n) is 1.78.